The lowest BCUT2D eigenvalue weighted by Gasteiger charge is -1.92. The SMILES string of the molecule is CCC(=O)O.Cn1cc(C=N)c2ccccc21. The third-order valence-electron chi connectivity index (χ3n) is 2.39. The number of aryl methyl sites for hydroxylation is 1. The van der Waals surface area contributed by atoms with Crippen molar-refractivity contribution in [1.82, 2.24) is 4.57 Å². The Balaban J connectivity index is 0.000000249. The average molecular weight is 232 g/mol. The van der Waals surface area contributed by atoms with E-state index in [0.29, 0.717) is 0 Å². The molecular weight excluding hydrogens is 216 g/mol. The molecule has 2 rings (SSSR count). The van der Waals surface area contributed by atoms with Gasteiger partial charge in [-0.1, -0.05) is 25.1 Å². The van der Waals surface area contributed by atoms with E-state index in [-0.39, 0.29) is 6.42 Å². The molecule has 90 valence electrons. The normalized spacial score (nSPS) is 9.53. The van der Waals surface area contributed by atoms with E-state index in [2.05, 4.69) is 6.07 Å². The number of fused-ring (bicyclic) bond motifs is 1. The van der Waals surface area contributed by atoms with Crippen LogP contribution in [0.2, 0.25) is 0 Å². The van der Waals surface area contributed by atoms with Gasteiger partial charge in [-0.05, 0) is 6.07 Å². The Morgan fingerprint density at radius 3 is 2.59 bits per heavy atom. The van der Waals surface area contributed by atoms with E-state index in [1.54, 1.807) is 6.92 Å². The summed E-state index contributed by atoms with van der Waals surface area (Å²) in [5.74, 6) is -0.745. The maximum atomic E-state index is 9.37. The average Bonchev–Trinajstić information content (AvgIpc) is 2.67. The van der Waals surface area contributed by atoms with E-state index in [1.807, 2.05) is 36.0 Å². The van der Waals surface area contributed by atoms with Crippen molar-refractivity contribution >= 4 is 23.1 Å². The van der Waals surface area contributed by atoms with Crippen molar-refractivity contribution in [3.8, 4) is 0 Å². The molecule has 0 fully saturated rings. The van der Waals surface area contributed by atoms with Gasteiger partial charge in [-0.3, -0.25) is 4.79 Å². The summed E-state index contributed by atoms with van der Waals surface area (Å²) in [6.45, 7) is 1.60. The second-order valence-electron chi connectivity index (χ2n) is 3.60. The van der Waals surface area contributed by atoms with Crippen LogP contribution in [-0.4, -0.2) is 21.9 Å². The Morgan fingerprint density at radius 1 is 1.47 bits per heavy atom. The van der Waals surface area contributed by atoms with Crippen molar-refractivity contribution in [2.24, 2.45) is 7.05 Å². The molecule has 0 amide bonds. The predicted octanol–water partition coefficient (Wildman–Crippen LogP) is 2.66. The molecule has 4 nitrogen and oxygen atoms in total. The first kappa shape index (κ1) is 13.0. The molecule has 0 bridgehead atoms. The summed E-state index contributed by atoms with van der Waals surface area (Å²) in [7, 11) is 2.00. The first-order valence-corrected chi connectivity index (χ1v) is 5.36. The highest BCUT2D eigenvalue weighted by atomic mass is 16.4. The summed E-state index contributed by atoms with van der Waals surface area (Å²) in [5, 5.41) is 16.1. The van der Waals surface area contributed by atoms with Gasteiger partial charge in [0.05, 0.1) is 0 Å². The molecule has 0 aliphatic rings. The van der Waals surface area contributed by atoms with Gasteiger partial charge < -0.3 is 15.1 Å². The zero-order valence-electron chi connectivity index (χ0n) is 9.97. The lowest BCUT2D eigenvalue weighted by atomic mass is 10.2. The van der Waals surface area contributed by atoms with Crippen molar-refractivity contribution in [3.63, 3.8) is 0 Å². The summed E-state index contributed by atoms with van der Waals surface area (Å²) >= 11 is 0. The van der Waals surface area contributed by atoms with Gasteiger partial charge >= 0.3 is 5.97 Å². The van der Waals surface area contributed by atoms with Crippen LogP contribution in [0.15, 0.2) is 30.5 Å². The predicted molar refractivity (Wildman–Crippen MR) is 68.7 cm³/mol. The third-order valence-corrected chi connectivity index (χ3v) is 2.39. The highest BCUT2D eigenvalue weighted by Crippen LogP contribution is 2.17. The molecule has 0 spiro atoms. The summed E-state index contributed by atoms with van der Waals surface area (Å²) in [6, 6.07) is 8.10. The molecule has 0 saturated carbocycles. The van der Waals surface area contributed by atoms with Crippen LogP contribution in [0.1, 0.15) is 18.9 Å². The number of nitrogens with zero attached hydrogens (tertiary/aromatic N) is 1. The number of nitrogens with one attached hydrogen (secondary N) is 1. The summed E-state index contributed by atoms with van der Waals surface area (Å²) in [5.41, 5.74) is 2.16. The number of hydrogen-bond acceptors (Lipinski definition) is 2. The molecule has 0 atom stereocenters. The number of hydrogen-bond donors (Lipinski definition) is 2. The number of benzene rings is 1. The van der Waals surface area contributed by atoms with E-state index in [1.165, 1.54) is 11.7 Å². The van der Waals surface area contributed by atoms with Crippen LogP contribution >= 0.6 is 0 Å². The van der Waals surface area contributed by atoms with Crippen LogP contribution in [-0.2, 0) is 11.8 Å². The molecule has 1 heterocycles. The van der Waals surface area contributed by atoms with Crippen LogP contribution in [0.5, 0.6) is 0 Å². The lowest BCUT2D eigenvalue weighted by molar-refractivity contribution is -0.136. The van der Waals surface area contributed by atoms with Gasteiger partial charge in [0, 0.05) is 42.3 Å². The first-order chi connectivity index (χ1) is 8.10. The fourth-order valence-corrected chi connectivity index (χ4v) is 1.49. The monoisotopic (exact) mass is 232 g/mol. The van der Waals surface area contributed by atoms with Crippen molar-refractivity contribution < 1.29 is 9.90 Å². The largest absolute Gasteiger partial charge is 0.481 e. The Labute approximate surface area is 100 Å². The van der Waals surface area contributed by atoms with E-state index >= 15 is 0 Å². The zero-order chi connectivity index (χ0) is 12.8. The van der Waals surface area contributed by atoms with Crippen molar-refractivity contribution in [2.45, 2.75) is 13.3 Å². The fraction of sp³-hybridized carbons (Fsp3) is 0.231. The molecule has 0 aliphatic heterocycles. The van der Waals surface area contributed by atoms with Gasteiger partial charge in [0.15, 0.2) is 0 Å². The molecule has 2 N–H and O–H groups in total. The Kier molecular flexibility index (Phi) is 4.46. The molecule has 0 saturated heterocycles. The van der Waals surface area contributed by atoms with E-state index in [0.717, 1.165) is 10.9 Å². The standard InChI is InChI=1S/C10H10N2.C3H6O2/c1-12-7-8(6-11)9-4-2-3-5-10(9)12;1-2-3(4)5/h2-7,11H,1H3;2H2,1H3,(H,4,5). The van der Waals surface area contributed by atoms with Crippen LogP contribution in [0.3, 0.4) is 0 Å². The summed E-state index contributed by atoms with van der Waals surface area (Å²) in [6.07, 6.45) is 3.58. The first-order valence-electron chi connectivity index (χ1n) is 5.36. The second kappa shape index (κ2) is 5.84. The molecule has 0 unspecified atom stereocenters. The van der Waals surface area contributed by atoms with E-state index < -0.39 is 5.97 Å². The van der Waals surface area contributed by atoms with Crippen LogP contribution in [0, 0.1) is 5.41 Å². The van der Waals surface area contributed by atoms with Crippen LogP contribution in [0.25, 0.3) is 10.9 Å². The minimum atomic E-state index is -0.745. The van der Waals surface area contributed by atoms with Gasteiger partial charge in [0.2, 0.25) is 0 Å². The molecular formula is C13H16N2O2. The van der Waals surface area contributed by atoms with Crippen LogP contribution in [0.4, 0.5) is 0 Å². The highest BCUT2D eigenvalue weighted by Gasteiger charge is 2.01. The smallest absolute Gasteiger partial charge is 0.303 e. The Morgan fingerprint density at radius 2 is 2.06 bits per heavy atom. The topological polar surface area (TPSA) is 66.1 Å². The number of carboxylic acids is 1. The number of aliphatic carboxylic acids is 1. The van der Waals surface area contributed by atoms with Crippen LogP contribution < -0.4 is 0 Å². The lowest BCUT2D eigenvalue weighted by Crippen LogP contribution is -1.86. The summed E-state index contributed by atoms with van der Waals surface area (Å²) < 4.78 is 2.04. The molecule has 1 aromatic carbocycles. The van der Waals surface area contributed by atoms with Gasteiger partial charge in [-0.25, -0.2) is 0 Å². The molecule has 2 aromatic rings. The molecule has 17 heavy (non-hydrogen) atoms. The molecule has 1 aromatic heterocycles. The van der Waals surface area contributed by atoms with E-state index in [4.69, 9.17) is 10.5 Å². The molecule has 4 heteroatoms. The second-order valence-corrected chi connectivity index (χ2v) is 3.60. The number of para-hydroxylation sites is 1. The van der Waals surface area contributed by atoms with Crippen molar-refractivity contribution in [1.29, 1.82) is 5.41 Å². The van der Waals surface area contributed by atoms with Crippen molar-refractivity contribution in [3.05, 3.63) is 36.0 Å². The highest BCUT2D eigenvalue weighted by molar-refractivity contribution is 5.98. The molecule has 0 radical (unpaired) electrons. The minimum Gasteiger partial charge on any atom is -0.481 e. The molecule has 0 aliphatic carbocycles. The quantitative estimate of drug-likeness (QED) is 0.782. The van der Waals surface area contributed by atoms with Gasteiger partial charge in [0.1, 0.15) is 0 Å². The third kappa shape index (κ3) is 3.17. The zero-order valence-corrected chi connectivity index (χ0v) is 9.97. The van der Waals surface area contributed by atoms with Gasteiger partial charge in [-0.15, -0.1) is 0 Å². The van der Waals surface area contributed by atoms with Gasteiger partial charge in [-0.2, -0.15) is 0 Å². The Bertz CT molecular complexity index is 529. The van der Waals surface area contributed by atoms with Crippen molar-refractivity contribution in [2.75, 3.05) is 0 Å². The number of carbonyl (C=O) groups is 1. The van der Waals surface area contributed by atoms with Gasteiger partial charge in [0.25, 0.3) is 0 Å². The fourth-order valence-electron chi connectivity index (χ4n) is 1.49. The van der Waals surface area contributed by atoms with E-state index in [9.17, 15) is 4.79 Å². The number of rotatable bonds is 2. The number of carboxylic acid groups (broad SMARTS) is 1. The minimum absolute atomic E-state index is 0.222. The number of aromatic nitrogens is 1. The maximum absolute atomic E-state index is 9.37. The summed E-state index contributed by atoms with van der Waals surface area (Å²) in [4.78, 5) is 9.37. The maximum Gasteiger partial charge on any atom is 0.303 e. The Hall–Kier alpha value is -2.10.